The summed E-state index contributed by atoms with van der Waals surface area (Å²) >= 11 is 0. The van der Waals surface area contributed by atoms with Gasteiger partial charge in [0.2, 0.25) is 0 Å². The number of rotatable bonds is 3. The normalized spacial score (nSPS) is 15.0. The van der Waals surface area contributed by atoms with E-state index in [0.29, 0.717) is 16.8 Å². The molecule has 1 aliphatic heterocycles. The van der Waals surface area contributed by atoms with E-state index in [1.54, 1.807) is 54.6 Å². The molecule has 3 rings (SSSR count). The molecule has 0 saturated heterocycles. The van der Waals surface area contributed by atoms with E-state index < -0.39 is 17.5 Å². The molecule has 4 nitrogen and oxygen atoms in total. The molecule has 4 heteroatoms. The molecule has 1 amide bonds. The summed E-state index contributed by atoms with van der Waals surface area (Å²) in [6.07, 6.45) is 0. The highest BCUT2D eigenvalue weighted by atomic mass is 16.2. The molecular weight excluding hydrogens is 278 g/mol. The lowest BCUT2D eigenvalue weighted by Gasteiger charge is -2.07. The Morgan fingerprint density at radius 1 is 0.909 bits per heavy atom. The van der Waals surface area contributed by atoms with Gasteiger partial charge in [-0.25, -0.2) is 0 Å². The minimum Gasteiger partial charge on any atom is -0.321 e. The molecular formula is C18H13NO3. The van der Waals surface area contributed by atoms with Crippen molar-refractivity contribution in [1.29, 1.82) is 0 Å². The monoisotopic (exact) mass is 291 g/mol. The van der Waals surface area contributed by atoms with Gasteiger partial charge in [-0.15, -0.1) is 0 Å². The summed E-state index contributed by atoms with van der Waals surface area (Å²) in [5.74, 6) is -1.28. The second-order valence-corrected chi connectivity index (χ2v) is 5.00. The quantitative estimate of drug-likeness (QED) is 0.409. The smallest absolute Gasteiger partial charge is 0.257 e. The number of nitrogens with one attached hydrogen (secondary N) is 1. The highest BCUT2D eigenvalue weighted by molar-refractivity contribution is 6.43. The first kappa shape index (κ1) is 13.9. The summed E-state index contributed by atoms with van der Waals surface area (Å²) in [6, 6.07) is 15.5. The molecule has 22 heavy (non-hydrogen) atoms. The minimum atomic E-state index is -0.435. The highest BCUT2D eigenvalue weighted by Crippen LogP contribution is 2.34. The number of hydrogen-bond donors (Lipinski definition) is 1. The fraction of sp³-hybridized carbons (Fsp3) is 0.0556. The highest BCUT2D eigenvalue weighted by Gasteiger charge is 2.32. The van der Waals surface area contributed by atoms with Crippen molar-refractivity contribution in [2.24, 2.45) is 0 Å². The maximum atomic E-state index is 12.7. The van der Waals surface area contributed by atoms with E-state index in [2.05, 4.69) is 5.32 Å². The summed E-state index contributed by atoms with van der Waals surface area (Å²) in [5.41, 5.74) is 1.66. The molecule has 1 aliphatic rings. The fourth-order valence-corrected chi connectivity index (χ4v) is 2.55. The topological polar surface area (TPSA) is 63.2 Å². The van der Waals surface area contributed by atoms with Crippen LogP contribution in [0.4, 0.5) is 5.69 Å². The van der Waals surface area contributed by atoms with Crippen LogP contribution in [0.5, 0.6) is 0 Å². The van der Waals surface area contributed by atoms with Crippen LogP contribution in [0.1, 0.15) is 22.8 Å². The number of carbonyl (C=O) groups is 3. The SMILES string of the molecule is CC(=O)/C(C(=O)c1ccccc1)=C1/C(=O)Nc2ccccc21. The number of amides is 1. The molecule has 0 radical (unpaired) electrons. The third-order valence-electron chi connectivity index (χ3n) is 3.54. The molecule has 1 heterocycles. The first-order chi connectivity index (χ1) is 10.6. The van der Waals surface area contributed by atoms with Crippen LogP contribution in [0.15, 0.2) is 60.2 Å². The molecule has 0 aliphatic carbocycles. The summed E-state index contributed by atoms with van der Waals surface area (Å²) in [6.45, 7) is 1.30. The molecule has 0 saturated carbocycles. The standard InChI is InChI=1S/C18H13NO3/c1-11(20)15(17(21)12-7-3-2-4-8-12)16-13-9-5-6-10-14(13)19-18(16)22/h2-10H,1H3,(H,19,22)/b16-15-. The Kier molecular flexibility index (Phi) is 3.43. The van der Waals surface area contributed by atoms with Gasteiger partial charge in [0.25, 0.3) is 5.91 Å². The Bertz CT molecular complexity index is 819. The lowest BCUT2D eigenvalue weighted by Crippen LogP contribution is -2.16. The minimum absolute atomic E-state index is 0.0753. The number of para-hydroxylation sites is 1. The number of fused-ring (bicyclic) bond motifs is 1. The van der Waals surface area contributed by atoms with E-state index in [1.165, 1.54) is 6.92 Å². The molecule has 0 atom stereocenters. The van der Waals surface area contributed by atoms with Crippen molar-refractivity contribution in [3.63, 3.8) is 0 Å². The van der Waals surface area contributed by atoms with E-state index in [4.69, 9.17) is 0 Å². The lowest BCUT2D eigenvalue weighted by atomic mass is 9.92. The van der Waals surface area contributed by atoms with E-state index in [1.807, 2.05) is 0 Å². The van der Waals surface area contributed by atoms with Gasteiger partial charge in [0.05, 0.1) is 11.1 Å². The average Bonchev–Trinajstić information content (AvgIpc) is 2.84. The second-order valence-electron chi connectivity index (χ2n) is 5.00. The van der Waals surface area contributed by atoms with E-state index in [9.17, 15) is 14.4 Å². The van der Waals surface area contributed by atoms with Crippen LogP contribution in [0.3, 0.4) is 0 Å². The van der Waals surface area contributed by atoms with Crippen LogP contribution in [-0.2, 0) is 9.59 Å². The zero-order valence-corrected chi connectivity index (χ0v) is 11.9. The maximum Gasteiger partial charge on any atom is 0.257 e. The molecule has 0 spiro atoms. The Labute approximate surface area is 127 Å². The third kappa shape index (κ3) is 2.24. The Hall–Kier alpha value is -3.01. The van der Waals surface area contributed by atoms with Crippen molar-refractivity contribution < 1.29 is 14.4 Å². The van der Waals surface area contributed by atoms with Gasteiger partial charge >= 0.3 is 0 Å². The van der Waals surface area contributed by atoms with Gasteiger partial charge in [-0.1, -0.05) is 48.5 Å². The van der Waals surface area contributed by atoms with Crippen molar-refractivity contribution in [2.45, 2.75) is 6.92 Å². The van der Waals surface area contributed by atoms with Crippen molar-refractivity contribution in [3.05, 3.63) is 71.3 Å². The maximum absolute atomic E-state index is 12.7. The summed E-state index contributed by atoms with van der Waals surface area (Å²) in [4.78, 5) is 37.0. The molecule has 0 unspecified atom stereocenters. The second kappa shape index (κ2) is 5.41. The number of Topliss-reactive ketones (excluding diaryl/α,β-unsaturated/α-hetero) is 2. The van der Waals surface area contributed by atoms with E-state index >= 15 is 0 Å². The summed E-state index contributed by atoms with van der Waals surface area (Å²) in [5, 5.41) is 2.69. The van der Waals surface area contributed by atoms with E-state index in [-0.39, 0.29) is 11.1 Å². The number of ketones is 2. The van der Waals surface area contributed by atoms with Gasteiger partial charge in [0.1, 0.15) is 0 Å². The Morgan fingerprint density at radius 2 is 1.55 bits per heavy atom. The van der Waals surface area contributed by atoms with Gasteiger partial charge in [-0.2, -0.15) is 0 Å². The third-order valence-corrected chi connectivity index (χ3v) is 3.54. The largest absolute Gasteiger partial charge is 0.321 e. The lowest BCUT2D eigenvalue weighted by molar-refractivity contribution is -0.114. The van der Waals surface area contributed by atoms with Gasteiger partial charge in [-0.05, 0) is 13.0 Å². The predicted octanol–water partition coefficient (Wildman–Crippen LogP) is 2.86. The number of benzene rings is 2. The van der Waals surface area contributed by atoms with Crippen molar-refractivity contribution in [2.75, 3.05) is 5.32 Å². The van der Waals surface area contributed by atoms with E-state index in [0.717, 1.165) is 0 Å². The van der Waals surface area contributed by atoms with Crippen LogP contribution in [-0.4, -0.2) is 17.5 Å². The molecule has 1 N–H and O–H groups in total. The van der Waals surface area contributed by atoms with Gasteiger partial charge in [0.15, 0.2) is 11.6 Å². The van der Waals surface area contributed by atoms with Crippen LogP contribution < -0.4 is 5.32 Å². The van der Waals surface area contributed by atoms with Crippen molar-refractivity contribution >= 4 is 28.7 Å². The van der Waals surface area contributed by atoms with Crippen LogP contribution >= 0.6 is 0 Å². The van der Waals surface area contributed by atoms with Gasteiger partial charge < -0.3 is 5.32 Å². The fourth-order valence-electron chi connectivity index (χ4n) is 2.55. The molecule has 108 valence electrons. The Balaban J connectivity index is 2.22. The number of hydrogen-bond acceptors (Lipinski definition) is 3. The van der Waals surface area contributed by atoms with Gasteiger partial charge in [0, 0.05) is 16.8 Å². The van der Waals surface area contributed by atoms with Crippen molar-refractivity contribution in [1.82, 2.24) is 0 Å². The molecule has 0 bridgehead atoms. The molecule has 2 aromatic carbocycles. The zero-order chi connectivity index (χ0) is 15.7. The Morgan fingerprint density at radius 3 is 2.23 bits per heavy atom. The first-order valence-corrected chi connectivity index (χ1v) is 6.85. The number of anilines is 1. The first-order valence-electron chi connectivity index (χ1n) is 6.85. The average molecular weight is 291 g/mol. The summed E-state index contributed by atoms with van der Waals surface area (Å²) in [7, 11) is 0. The van der Waals surface area contributed by atoms with Crippen molar-refractivity contribution in [3.8, 4) is 0 Å². The summed E-state index contributed by atoms with van der Waals surface area (Å²) < 4.78 is 0. The predicted molar refractivity (Wildman–Crippen MR) is 83.4 cm³/mol. The molecule has 2 aromatic rings. The van der Waals surface area contributed by atoms with Crippen LogP contribution in [0.2, 0.25) is 0 Å². The number of allylic oxidation sites excluding steroid dienone is 1. The van der Waals surface area contributed by atoms with Crippen LogP contribution in [0.25, 0.3) is 5.57 Å². The zero-order valence-electron chi connectivity index (χ0n) is 11.9. The van der Waals surface area contributed by atoms with Crippen LogP contribution in [0, 0.1) is 0 Å². The molecule has 0 aromatic heterocycles. The number of carbonyl (C=O) groups excluding carboxylic acids is 3. The van der Waals surface area contributed by atoms with Gasteiger partial charge in [-0.3, -0.25) is 14.4 Å². The molecule has 0 fully saturated rings.